The van der Waals surface area contributed by atoms with Gasteiger partial charge in [0.1, 0.15) is 6.04 Å². The Morgan fingerprint density at radius 1 is 1.12 bits per heavy atom. The van der Waals surface area contributed by atoms with Crippen molar-refractivity contribution < 1.29 is 37.1 Å². The largest absolute Gasteiger partial charge is 0.454 e. The van der Waals surface area contributed by atoms with Gasteiger partial charge in [0.2, 0.25) is 11.8 Å². The molecule has 1 aromatic carbocycles. The average Bonchev–Trinajstić information content (AvgIpc) is 3.36. The van der Waals surface area contributed by atoms with Gasteiger partial charge in [-0.05, 0) is 37.3 Å². The summed E-state index contributed by atoms with van der Waals surface area (Å²) < 4.78 is 44.1. The molecule has 2 aliphatic carbocycles. The van der Waals surface area contributed by atoms with Crippen LogP contribution < -0.4 is 5.32 Å². The van der Waals surface area contributed by atoms with Crippen molar-refractivity contribution in [3.8, 4) is 0 Å². The molecule has 0 spiro atoms. The number of rotatable bonds is 5. The van der Waals surface area contributed by atoms with E-state index in [1.165, 1.54) is 19.1 Å². The first-order chi connectivity index (χ1) is 15.4. The van der Waals surface area contributed by atoms with Gasteiger partial charge in [-0.2, -0.15) is 13.2 Å². The SMILES string of the molecule is C[C@H](C(=O)OCC(=O)Nc1ccccc1C(F)(F)F)N1C(=O)[C@@H]2[C@H]3C[C@@H]([C@H](Br)[C@@H]3Br)[C@@H]2C1=O. The van der Waals surface area contributed by atoms with Crippen LogP contribution in [0.4, 0.5) is 18.9 Å². The number of hydrogen-bond donors (Lipinski definition) is 1. The highest BCUT2D eigenvalue weighted by atomic mass is 79.9. The summed E-state index contributed by atoms with van der Waals surface area (Å²) in [6.07, 6.45) is -3.93. The van der Waals surface area contributed by atoms with E-state index in [0.29, 0.717) is 0 Å². The number of nitrogens with one attached hydrogen (secondary N) is 1. The molecule has 1 heterocycles. The Labute approximate surface area is 203 Å². The molecule has 12 heteroatoms. The summed E-state index contributed by atoms with van der Waals surface area (Å²) in [5.41, 5.74) is -1.51. The molecule has 0 aromatic heterocycles. The van der Waals surface area contributed by atoms with Gasteiger partial charge in [-0.15, -0.1) is 0 Å². The molecule has 2 bridgehead atoms. The van der Waals surface area contributed by atoms with E-state index in [9.17, 15) is 32.3 Å². The normalized spacial score (nSPS) is 31.5. The number of ether oxygens (including phenoxy) is 1. The molecule has 1 N–H and O–H groups in total. The Bertz CT molecular complexity index is 988. The minimum Gasteiger partial charge on any atom is -0.454 e. The number of carbonyl (C=O) groups excluding carboxylic acids is 4. The third-order valence-corrected chi connectivity index (χ3v) is 9.81. The van der Waals surface area contributed by atoms with Crippen LogP contribution in [0.25, 0.3) is 0 Å². The summed E-state index contributed by atoms with van der Waals surface area (Å²) in [6, 6.07) is 3.14. The van der Waals surface area contributed by atoms with Crippen LogP contribution in [0.5, 0.6) is 0 Å². The van der Waals surface area contributed by atoms with Crippen LogP contribution in [-0.4, -0.2) is 50.9 Å². The van der Waals surface area contributed by atoms with Crippen molar-refractivity contribution in [3.05, 3.63) is 29.8 Å². The molecule has 1 saturated heterocycles. The number of hydrogen-bond acceptors (Lipinski definition) is 5. The number of imide groups is 1. The standard InChI is InChI=1S/C21H19Br2F3N2O5/c1-8(28-18(30)14-9-6-10(15(14)19(28)31)17(23)16(9)22)20(32)33-7-13(29)27-12-5-3-2-4-11(12)21(24,25)26/h2-5,8-10,14-17H,6-7H2,1H3,(H,27,29)/t8-,9-,10-,14-,15+,16-,17+/m1/s1. The second kappa shape index (κ2) is 8.68. The topological polar surface area (TPSA) is 92.8 Å². The van der Waals surface area contributed by atoms with E-state index in [-0.39, 0.29) is 21.5 Å². The van der Waals surface area contributed by atoms with Crippen LogP contribution >= 0.6 is 31.9 Å². The molecule has 33 heavy (non-hydrogen) atoms. The number of anilines is 1. The molecule has 3 aliphatic rings. The first-order valence-corrected chi connectivity index (χ1v) is 12.0. The van der Waals surface area contributed by atoms with Gasteiger partial charge in [-0.1, -0.05) is 44.0 Å². The smallest absolute Gasteiger partial charge is 0.418 e. The molecule has 1 aromatic rings. The maximum atomic E-state index is 13.1. The maximum Gasteiger partial charge on any atom is 0.418 e. The molecule has 3 amide bonds. The Hall–Kier alpha value is -1.95. The van der Waals surface area contributed by atoms with Crippen molar-refractivity contribution >= 4 is 61.2 Å². The van der Waals surface area contributed by atoms with Crippen molar-refractivity contribution in [2.75, 3.05) is 11.9 Å². The number of alkyl halides is 5. The summed E-state index contributed by atoms with van der Waals surface area (Å²) in [5, 5.41) is 2.07. The minimum atomic E-state index is -4.68. The zero-order valence-electron chi connectivity index (χ0n) is 17.1. The number of likely N-dealkylation sites (tertiary alicyclic amines) is 1. The van der Waals surface area contributed by atoms with E-state index in [1.54, 1.807) is 0 Å². The Kier molecular flexibility index (Phi) is 6.36. The summed E-state index contributed by atoms with van der Waals surface area (Å²) in [6.45, 7) is 0.464. The Balaban J connectivity index is 1.38. The van der Waals surface area contributed by atoms with E-state index in [4.69, 9.17) is 4.74 Å². The highest BCUT2D eigenvalue weighted by Crippen LogP contribution is 2.60. The van der Waals surface area contributed by atoms with Gasteiger partial charge in [0.25, 0.3) is 5.91 Å². The van der Waals surface area contributed by atoms with Crippen molar-refractivity contribution in [1.82, 2.24) is 4.90 Å². The number of halogens is 5. The van der Waals surface area contributed by atoms with Crippen LogP contribution in [0, 0.1) is 23.7 Å². The quantitative estimate of drug-likeness (QED) is 0.320. The monoisotopic (exact) mass is 594 g/mol. The van der Waals surface area contributed by atoms with Crippen LogP contribution in [-0.2, 0) is 30.1 Å². The average molecular weight is 596 g/mol. The van der Waals surface area contributed by atoms with Gasteiger partial charge in [0.05, 0.1) is 23.1 Å². The molecule has 178 valence electrons. The fourth-order valence-corrected chi connectivity index (χ4v) is 7.02. The number of benzene rings is 1. The number of amides is 3. The molecular weight excluding hydrogens is 577 g/mol. The number of fused-ring (bicyclic) bond motifs is 5. The molecule has 7 nitrogen and oxygen atoms in total. The highest BCUT2D eigenvalue weighted by Gasteiger charge is 2.67. The predicted octanol–water partition coefficient (Wildman–Crippen LogP) is 3.35. The van der Waals surface area contributed by atoms with E-state index >= 15 is 0 Å². The van der Waals surface area contributed by atoms with E-state index in [1.807, 2.05) is 0 Å². The van der Waals surface area contributed by atoms with Crippen molar-refractivity contribution in [1.29, 1.82) is 0 Å². The van der Waals surface area contributed by atoms with Gasteiger partial charge >= 0.3 is 12.1 Å². The number of carbonyl (C=O) groups is 4. The molecule has 1 aliphatic heterocycles. The van der Waals surface area contributed by atoms with Crippen LogP contribution in [0.2, 0.25) is 0 Å². The number of nitrogens with zero attached hydrogens (tertiary/aromatic N) is 1. The molecule has 3 fully saturated rings. The summed E-state index contributed by atoms with van der Waals surface area (Å²) >= 11 is 7.16. The maximum absolute atomic E-state index is 13.1. The lowest BCUT2D eigenvalue weighted by Crippen LogP contribution is -2.45. The number of para-hydroxylation sites is 1. The highest BCUT2D eigenvalue weighted by molar-refractivity contribution is 9.12. The van der Waals surface area contributed by atoms with Crippen LogP contribution in [0.3, 0.4) is 0 Å². The molecule has 2 saturated carbocycles. The number of esters is 1. The molecule has 0 radical (unpaired) electrons. The van der Waals surface area contributed by atoms with Crippen molar-refractivity contribution in [2.45, 2.75) is 35.2 Å². The van der Waals surface area contributed by atoms with Crippen LogP contribution in [0.15, 0.2) is 24.3 Å². The third-order valence-electron chi connectivity index (χ3n) is 6.60. The fourth-order valence-electron chi connectivity index (χ4n) is 5.14. The molecule has 4 rings (SSSR count). The van der Waals surface area contributed by atoms with Crippen molar-refractivity contribution in [3.63, 3.8) is 0 Å². The van der Waals surface area contributed by atoms with Gasteiger partial charge in [-0.3, -0.25) is 19.3 Å². The van der Waals surface area contributed by atoms with Gasteiger partial charge in [-0.25, -0.2) is 4.79 Å². The predicted molar refractivity (Wildman–Crippen MR) is 116 cm³/mol. The van der Waals surface area contributed by atoms with Gasteiger partial charge in [0, 0.05) is 9.65 Å². The minimum absolute atomic E-state index is 0.0199. The lowest BCUT2D eigenvalue weighted by atomic mass is 9.81. The molecular formula is C21H19Br2F3N2O5. The lowest BCUT2D eigenvalue weighted by Gasteiger charge is -2.28. The second-order valence-electron chi connectivity index (χ2n) is 8.43. The Morgan fingerprint density at radius 2 is 1.67 bits per heavy atom. The summed E-state index contributed by atoms with van der Waals surface area (Å²) in [7, 11) is 0. The summed E-state index contributed by atoms with van der Waals surface area (Å²) in [4.78, 5) is 51.5. The lowest BCUT2D eigenvalue weighted by molar-refractivity contribution is -0.159. The first-order valence-electron chi connectivity index (χ1n) is 10.2. The van der Waals surface area contributed by atoms with E-state index < -0.39 is 65.6 Å². The van der Waals surface area contributed by atoms with Gasteiger partial charge in [0.15, 0.2) is 6.61 Å². The van der Waals surface area contributed by atoms with E-state index in [0.717, 1.165) is 23.5 Å². The first kappa shape index (κ1) is 24.2. The summed E-state index contributed by atoms with van der Waals surface area (Å²) in [5.74, 6) is -3.89. The Morgan fingerprint density at radius 3 is 2.21 bits per heavy atom. The van der Waals surface area contributed by atoms with E-state index in [2.05, 4.69) is 37.2 Å². The van der Waals surface area contributed by atoms with Crippen molar-refractivity contribution in [2.24, 2.45) is 23.7 Å². The second-order valence-corrected chi connectivity index (χ2v) is 10.5. The zero-order chi connectivity index (χ0) is 24.2. The van der Waals surface area contributed by atoms with Crippen LogP contribution in [0.1, 0.15) is 18.9 Å². The fraction of sp³-hybridized carbons (Fsp3) is 0.524. The zero-order valence-corrected chi connectivity index (χ0v) is 20.3. The third kappa shape index (κ3) is 4.09. The van der Waals surface area contributed by atoms with Gasteiger partial charge < -0.3 is 10.1 Å². The molecule has 0 unspecified atom stereocenters. The molecule has 7 atom stereocenters.